The normalized spacial score (nSPS) is 13.5. The van der Waals surface area contributed by atoms with Gasteiger partial charge in [0.2, 0.25) is 0 Å². The van der Waals surface area contributed by atoms with Crippen LogP contribution in [0.25, 0.3) is 0 Å². The quantitative estimate of drug-likeness (QED) is 0.827. The first kappa shape index (κ1) is 12.1. The van der Waals surface area contributed by atoms with Gasteiger partial charge in [-0.25, -0.2) is 0 Å². The Morgan fingerprint density at radius 3 is 2.79 bits per heavy atom. The van der Waals surface area contributed by atoms with Crippen LogP contribution in [0.15, 0.2) is 42.5 Å². The average Bonchev–Trinajstić information content (AvgIpc) is 2.48. The van der Waals surface area contributed by atoms with Crippen LogP contribution in [0.1, 0.15) is 23.1 Å². The van der Waals surface area contributed by atoms with Gasteiger partial charge in [0, 0.05) is 5.56 Å². The Kier molecular flexibility index (Phi) is 3.41. The van der Waals surface area contributed by atoms with Crippen molar-refractivity contribution >= 4 is 0 Å². The molecule has 0 aromatic heterocycles. The van der Waals surface area contributed by atoms with Gasteiger partial charge in [-0.15, -0.1) is 0 Å². The summed E-state index contributed by atoms with van der Waals surface area (Å²) in [5.41, 5.74) is 3.60. The second kappa shape index (κ2) is 5.35. The summed E-state index contributed by atoms with van der Waals surface area (Å²) in [6, 6.07) is 14.4. The van der Waals surface area contributed by atoms with Crippen LogP contribution in [0.3, 0.4) is 0 Å². The molecule has 1 aliphatic rings. The van der Waals surface area contributed by atoms with Crippen LogP contribution in [0.2, 0.25) is 0 Å². The Hall–Kier alpha value is -1.96. The third-order valence-corrected chi connectivity index (χ3v) is 3.51. The van der Waals surface area contributed by atoms with Crippen molar-refractivity contribution in [3.05, 3.63) is 59.2 Å². The van der Waals surface area contributed by atoms with Crippen molar-refractivity contribution in [3.63, 3.8) is 0 Å². The second-order valence-electron chi connectivity index (χ2n) is 4.90. The molecule has 98 valence electrons. The maximum atomic E-state index is 5.91. The van der Waals surface area contributed by atoms with E-state index in [1.54, 1.807) is 0 Å². The molecule has 0 spiro atoms. The van der Waals surface area contributed by atoms with E-state index in [0.717, 1.165) is 36.5 Å². The van der Waals surface area contributed by atoms with E-state index in [1.807, 2.05) is 18.2 Å². The van der Waals surface area contributed by atoms with E-state index in [4.69, 9.17) is 9.47 Å². The zero-order chi connectivity index (χ0) is 13.1. The van der Waals surface area contributed by atoms with E-state index in [2.05, 4.69) is 31.2 Å². The molecule has 0 unspecified atom stereocenters. The highest BCUT2D eigenvalue weighted by Crippen LogP contribution is 2.34. The third kappa shape index (κ3) is 2.58. The van der Waals surface area contributed by atoms with Crippen LogP contribution in [-0.4, -0.2) is 6.61 Å². The molecule has 0 bridgehead atoms. The highest BCUT2D eigenvalue weighted by Gasteiger charge is 2.15. The van der Waals surface area contributed by atoms with Gasteiger partial charge in [-0.05, 0) is 37.0 Å². The molecule has 1 aliphatic heterocycles. The molecule has 0 saturated carbocycles. The zero-order valence-electron chi connectivity index (χ0n) is 11.2. The minimum absolute atomic E-state index is 0.598. The highest BCUT2D eigenvalue weighted by atomic mass is 16.5. The largest absolute Gasteiger partial charge is 0.493 e. The first-order chi connectivity index (χ1) is 9.34. The number of rotatable bonds is 3. The molecule has 0 aliphatic carbocycles. The summed E-state index contributed by atoms with van der Waals surface area (Å²) in [4.78, 5) is 0. The molecule has 3 rings (SSSR count). The molecule has 0 atom stereocenters. The van der Waals surface area contributed by atoms with Crippen molar-refractivity contribution in [3.8, 4) is 11.5 Å². The Balaban J connectivity index is 1.78. The lowest BCUT2D eigenvalue weighted by atomic mass is 10.0. The van der Waals surface area contributed by atoms with Gasteiger partial charge in [0.1, 0.15) is 18.1 Å². The van der Waals surface area contributed by atoms with Crippen LogP contribution in [0.4, 0.5) is 0 Å². The number of ether oxygens (including phenoxy) is 2. The van der Waals surface area contributed by atoms with Gasteiger partial charge in [0.15, 0.2) is 0 Å². The summed E-state index contributed by atoms with van der Waals surface area (Å²) < 4.78 is 11.7. The standard InChI is InChI=1S/C17H18O2/c1-13-16(19-12-14-6-3-2-4-7-14)10-9-15-8-5-11-18-17(13)15/h2-4,6-7,9-10H,5,8,11-12H2,1H3. The average molecular weight is 254 g/mol. The smallest absolute Gasteiger partial charge is 0.129 e. The van der Waals surface area contributed by atoms with E-state index in [9.17, 15) is 0 Å². The Bertz CT molecular complexity index is 561. The molecule has 0 fully saturated rings. The first-order valence-corrected chi connectivity index (χ1v) is 6.76. The van der Waals surface area contributed by atoms with Gasteiger partial charge in [-0.3, -0.25) is 0 Å². The summed E-state index contributed by atoms with van der Waals surface area (Å²) in [7, 11) is 0. The predicted octanol–water partition coefficient (Wildman–Crippen LogP) is 3.90. The minimum atomic E-state index is 0.598. The van der Waals surface area contributed by atoms with Crippen LogP contribution >= 0.6 is 0 Å². The van der Waals surface area contributed by atoms with E-state index < -0.39 is 0 Å². The summed E-state index contributed by atoms with van der Waals surface area (Å²) in [6.45, 7) is 3.49. The number of hydrogen-bond donors (Lipinski definition) is 0. The minimum Gasteiger partial charge on any atom is -0.493 e. The van der Waals surface area contributed by atoms with Gasteiger partial charge in [-0.1, -0.05) is 36.4 Å². The molecule has 2 heteroatoms. The predicted molar refractivity (Wildman–Crippen MR) is 75.8 cm³/mol. The number of fused-ring (bicyclic) bond motifs is 1. The molecule has 2 aromatic carbocycles. The van der Waals surface area contributed by atoms with E-state index in [-0.39, 0.29) is 0 Å². The Morgan fingerprint density at radius 1 is 1.11 bits per heavy atom. The van der Waals surface area contributed by atoms with Crippen LogP contribution in [0.5, 0.6) is 11.5 Å². The topological polar surface area (TPSA) is 18.5 Å². The van der Waals surface area contributed by atoms with Gasteiger partial charge in [0.05, 0.1) is 6.61 Å². The molecule has 19 heavy (non-hydrogen) atoms. The Labute approximate surface area is 114 Å². The van der Waals surface area contributed by atoms with Gasteiger partial charge >= 0.3 is 0 Å². The van der Waals surface area contributed by atoms with Gasteiger partial charge < -0.3 is 9.47 Å². The monoisotopic (exact) mass is 254 g/mol. The van der Waals surface area contributed by atoms with Crippen LogP contribution in [0, 0.1) is 6.92 Å². The molecule has 0 saturated heterocycles. The maximum absolute atomic E-state index is 5.91. The van der Waals surface area contributed by atoms with Crippen molar-refractivity contribution in [2.75, 3.05) is 6.61 Å². The fourth-order valence-electron chi connectivity index (χ4n) is 2.46. The Morgan fingerprint density at radius 2 is 1.95 bits per heavy atom. The van der Waals surface area contributed by atoms with Crippen molar-refractivity contribution in [2.45, 2.75) is 26.4 Å². The summed E-state index contributed by atoms with van der Waals surface area (Å²) in [5, 5.41) is 0. The number of aryl methyl sites for hydroxylation is 1. The van der Waals surface area contributed by atoms with Crippen LogP contribution in [-0.2, 0) is 13.0 Å². The summed E-state index contributed by atoms with van der Waals surface area (Å²) >= 11 is 0. The molecular weight excluding hydrogens is 236 g/mol. The maximum Gasteiger partial charge on any atom is 0.129 e. The van der Waals surface area contributed by atoms with Crippen molar-refractivity contribution < 1.29 is 9.47 Å². The summed E-state index contributed by atoms with van der Waals surface area (Å²) in [6.07, 6.45) is 2.21. The molecule has 0 amide bonds. The van der Waals surface area contributed by atoms with Crippen molar-refractivity contribution in [2.24, 2.45) is 0 Å². The van der Waals surface area contributed by atoms with E-state index in [0.29, 0.717) is 6.61 Å². The second-order valence-corrected chi connectivity index (χ2v) is 4.90. The lowest BCUT2D eigenvalue weighted by Gasteiger charge is -2.21. The molecule has 2 aromatic rings. The van der Waals surface area contributed by atoms with Crippen LogP contribution < -0.4 is 9.47 Å². The molecule has 2 nitrogen and oxygen atoms in total. The lowest BCUT2D eigenvalue weighted by Crippen LogP contribution is -2.10. The highest BCUT2D eigenvalue weighted by molar-refractivity contribution is 5.50. The molecule has 1 heterocycles. The zero-order valence-corrected chi connectivity index (χ0v) is 11.2. The van der Waals surface area contributed by atoms with Gasteiger partial charge in [-0.2, -0.15) is 0 Å². The molecule has 0 N–H and O–H groups in total. The van der Waals surface area contributed by atoms with E-state index in [1.165, 1.54) is 11.1 Å². The molecular formula is C17H18O2. The fourth-order valence-corrected chi connectivity index (χ4v) is 2.46. The molecule has 0 radical (unpaired) electrons. The summed E-state index contributed by atoms with van der Waals surface area (Å²) in [5.74, 6) is 1.95. The van der Waals surface area contributed by atoms with Crippen molar-refractivity contribution in [1.29, 1.82) is 0 Å². The number of hydrogen-bond acceptors (Lipinski definition) is 2. The SMILES string of the molecule is Cc1c(OCc2ccccc2)ccc2c1OCCC2. The lowest BCUT2D eigenvalue weighted by molar-refractivity contribution is 0.274. The fraction of sp³-hybridized carbons (Fsp3) is 0.294. The van der Waals surface area contributed by atoms with Crippen molar-refractivity contribution in [1.82, 2.24) is 0 Å². The third-order valence-electron chi connectivity index (χ3n) is 3.51. The number of benzene rings is 2. The van der Waals surface area contributed by atoms with Gasteiger partial charge in [0.25, 0.3) is 0 Å². The van der Waals surface area contributed by atoms with E-state index >= 15 is 0 Å². The first-order valence-electron chi connectivity index (χ1n) is 6.76.